The van der Waals surface area contributed by atoms with Crippen LogP contribution in [0.3, 0.4) is 0 Å². The molecule has 0 aliphatic heterocycles. The monoisotopic (exact) mass is 263 g/mol. The minimum Gasteiger partial charge on any atom is -0.387 e. The molecule has 72 valence electrons. The molecule has 0 saturated carbocycles. The molecule has 13 heavy (non-hydrogen) atoms. The second kappa shape index (κ2) is 4.96. The van der Waals surface area contributed by atoms with Gasteiger partial charge in [-0.3, -0.25) is 0 Å². The van der Waals surface area contributed by atoms with E-state index in [9.17, 15) is 5.11 Å². The van der Waals surface area contributed by atoms with Crippen molar-refractivity contribution in [1.29, 1.82) is 0 Å². The average molecular weight is 265 g/mol. The molecule has 0 heterocycles. The second-order valence-electron chi connectivity index (χ2n) is 2.75. The topological polar surface area (TPSA) is 32.3 Å². The molecule has 2 nitrogen and oxygen atoms in total. The fraction of sp³-hybridized carbons (Fsp3) is 0.333. The predicted octanol–water partition coefficient (Wildman–Crippen LogP) is 2.36. The largest absolute Gasteiger partial charge is 0.387 e. The molecule has 1 aromatic rings. The zero-order chi connectivity index (χ0) is 9.84. The normalized spacial score (nSPS) is 12.9. The maximum Gasteiger partial charge on any atom is 0.0914 e. The Labute approximate surface area is 91.0 Å². The highest BCUT2D eigenvalue weighted by Gasteiger charge is 2.07. The number of nitrogens with one attached hydrogen (secondary N) is 1. The molecule has 1 unspecified atom stereocenters. The molecule has 0 spiro atoms. The fourth-order valence-corrected chi connectivity index (χ4v) is 1.54. The van der Waals surface area contributed by atoms with E-state index in [0.717, 1.165) is 10.0 Å². The molecule has 0 aliphatic rings. The van der Waals surface area contributed by atoms with Crippen LogP contribution >= 0.6 is 27.5 Å². The molecule has 0 bridgehead atoms. The fourth-order valence-electron chi connectivity index (χ4n) is 1.03. The Bertz CT molecular complexity index is 293. The van der Waals surface area contributed by atoms with Gasteiger partial charge in [0.15, 0.2) is 0 Å². The van der Waals surface area contributed by atoms with Crippen molar-refractivity contribution >= 4 is 27.5 Å². The maximum atomic E-state index is 9.61. The lowest BCUT2D eigenvalue weighted by Gasteiger charge is -2.10. The zero-order valence-corrected chi connectivity index (χ0v) is 9.56. The summed E-state index contributed by atoms with van der Waals surface area (Å²) in [7, 11) is 1.80. The lowest BCUT2D eigenvalue weighted by molar-refractivity contribution is 0.177. The minimum atomic E-state index is -0.487. The summed E-state index contributed by atoms with van der Waals surface area (Å²) in [5.74, 6) is 0. The Kier molecular flexibility index (Phi) is 4.19. The van der Waals surface area contributed by atoms with Gasteiger partial charge in [0.25, 0.3) is 0 Å². The standard InChI is InChI=1S/C9H11BrClNO/c1-12-5-9(13)6-2-3-8(11)7(10)4-6/h2-4,9,12-13H,5H2,1H3. The van der Waals surface area contributed by atoms with Crippen LogP contribution in [0.25, 0.3) is 0 Å². The van der Waals surface area contributed by atoms with Gasteiger partial charge in [0.05, 0.1) is 11.1 Å². The number of hydrogen-bond acceptors (Lipinski definition) is 2. The van der Waals surface area contributed by atoms with Gasteiger partial charge in [-0.05, 0) is 40.7 Å². The summed E-state index contributed by atoms with van der Waals surface area (Å²) in [5.41, 5.74) is 0.852. The summed E-state index contributed by atoms with van der Waals surface area (Å²) in [6.07, 6.45) is -0.487. The van der Waals surface area contributed by atoms with Gasteiger partial charge in [-0.15, -0.1) is 0 Å². The van der Waals surface area contributed by atoms with Gasteiger partial charge < -0.3 is 10.4 Å². The molecule has 0 aliphatic carbocycles. The Morgan fingerprint density at radius 3 is 2.85 bits per heavy atom. The Morgan fingerprint density at radius 1 is 1.62 bits per heavy atom. The van der Waals surface area contributed by atoms with Gasteiger partial charge in [-0.2, -0.15) is 0 Å². The van der Waals surface area contributed by atoms with Crippen LogP contribution in [0.1, 0.15) is 11.7 Å². The summed E-state index contributed by atoms with van der Waals surface area (Å²) in [4.78, 5) is 0. The molecule has 4 heteroatoms. The Balaban J connectivity index is 2.84. The third-order valence-corrected chi connectivity index (χ3v) is 2.94. The van der Waals surface area contributed by atoms with Crippen molar-refractivity contribution in [2.24, 2.45) is 0 Å². The van der Waals surface area contributed by atoms with Crippen LogP contribution in [0, 0.1) is 0 Å². The van der Waals surface area contributed by atoms with Crippen molar-refractivity contribution in [2.75, 3.05) is 13.6 Å². The number of likely N-dealkylation sites (N-methyl/N-ethyl adjacent to an activating group) is 1. The molecular weight excluding hydrogens is 253 g/mol. The molecule has 0 fully saturated rings. The third-order valence-electron chi connectivity index (χ3n) is 1.73. The first kappa shape index (κ1) is 11.0. The van der Waals surface area contributed by atoms with Gasteiger partial charge in [0.2, 0.25) is 0 Å². The Morgan fingerprint density at radius 2 is 2.31 bits per heavy atom. The predicted molar refractivity (Wildman–Crippen MR) is 58.0 cm³/mol. The van der Waals surface area contributed by atoms with Crippen molar-refractivity contribution < 1.29 is 5.11 Å². The van der Waals surface area contributed by atoms with Crippen LogP contribution in [0.4, 0.5) is 0 Å². The van der Waals surface area contributed by atoms with Gasteiger partial charge in [0, 0.05) is 11.0 Å². The van der Waals surface area contributed by atoms with Crippen LogP contribution in [0.2, 0.25) is 5.02 Å². The van der Waals surface area contributed by atoms with Gasteiger partial charge >= 0.3 is 0 Å². The first-order chi connectivity index (χ1) is 6.15. The summed E-state index contributed by atoms with van der Waals surface area (Å²) in [5, 5.41) is 13.2. The first-order valence-corrected chi connectivity index (χ1v) is 5.10. The molecular formula is C9H11BrClNO. The molecule has 0 amide bonds. The smallest absolute Gasteiger partial charge is 0.0914 e. The summed E-state index contributed by atoms with van der Waals surface area (Å²) < 4.78 is 0.807. The third kappa shape index (κ3) is 2.95. The molecule has 1 rings (SSSR count). The molecule has 1 aromatic carbocycles. The number of aliphatic hydroxyl groups excluding tert-OH is 1. The van der Waals surface area contributed by atoms with Crippen molar-refractivity contribution in [2.45, 2.75) is 6.10 Å². The molecule has 0 radical (unpaired) electrons. The van der Waals surface area contributed by atoms with Crippen LogP contribution in [-0.2, 0) is 0 Å². The molecule has 2 N–H and O–H groups in total. The van der Waals surface area contributed by atoms with E-state index in [1.807, 2.05) is 12.1 Å². The minimum absolute atomic E-state index is 0.487. The van der Waals surface area contributed by atoms with E-state index in [-0.39, 0.29) is 0 Å². The van der Waals surface area contributed by atoms with Crippen LogP contribution in [0.15, 0.2) is 22.7 Å². The Hall–Kier alpha value is -0.0900. The van der Waals surface area contributed by atoms with Gasteiger partial charge in [-0.1, -0.05) is 17.7 Å². The van der Waals surface area contributed by atoms with Crippen molar-refractivity contribution in [3.8, 4) is 0 Å². The quantitative estimate of drug-likeness (QED) is 0.878. The highest BCUT2D eigenvalue weighted by atomic mass is 79.9. The van der Waals surface area contributed by atoms with E-state index in [1.54, 1.807) is 13.1 Å². The average Bonchev–Trinajstić information content (AvgIpc) is 2.10. The molecule has 0 aromatic heterocycles. The van der Waals surface area contributed by atoms with E-state index >= 15 is 0 Å². The van der Waals surface area contributed by atoms with E-state index < -0.39 is 6.10 Å². The van der Waals surface area contributed by atoms with Gasteiger partial charge in [-0.25, -0.2) is 0 Å². The van der Waals surface area contributed by atoms with Crippen LogP contribution < -0.4 is 5.32 Å². The van der Waals surface area contributed by atoms with E-state index in [0.29, 0.717) is 11.6 Å². The number of hydrogen-bond donors (Lipinski definition) is 2. The van der Waals surface area contributed by atoms with Crippen LogP contribution in [0.5, 0.6) is 0 Å². The first-order valence-electron chi connectivity index (χ1n) is 3.92. The second-order valence-corrected chi connectivity index (χ2v) is 4.01. The number of aliphatic hydroxyl groups is 1. The van der Waals surface area contributed by atoms with Crippen LogP contribution in [-0.4, -0.2) is 18.7 Å². The molecule has 0 saturated heterocycles. The van der Waals surface area contributed by atoms with Crippen molar-refractivity contribution in [3.05, 3.63) is 33.3 Å². The highest BCUT2D eigenvalue weighted by Crippen LogP contribution is 2.25. The molecule has 1 atom stereocenters. The lowest BCUT2D eigenvalue weighted by atomic mass is 10.1. The van der Waals surface area contributed by atoms with Crippen molar-refractivity contribution in [3.63, 3.8) is 0 Å². The number of benzene rings is 1. The number of rotatable bonds is 3. The summed E-state index contributed by atoms with van der Waals surface area (Å²) in [6, 6.07) is 5.40. The van der Waals surface area contributed by atoms with Gasteiger partial charge in [0.1, 0.15) is 0 Å². The highest BCUT2D eigenvalue weighted by molar-refractivity contribution is 9.10. The SMILES string of the molecule is CNCC(O)c1ccc(Cl)c(Br)c1. The van der Waals surface area contributed by atoms with E-state index in [1.165, 1.54) is 0 Å². The summed E-state index contributed by atoms with van der Waals surface area (Å²) in [6.45, 7) is 0.536. The maximum absolute atomic E-state index is 9.61. The summed E-state index contributed by atoms with van der Waals surface area (Å²) >= 11 is 9.12. The zero-order valence-electron chi connectivity index (χ0n) is 7.22. The van der Waals surface area contributed by atoms with Crippen molar-refractivity contribution in [1.82, 2.24) is 5.32 Å². The number of halogens is 2. The van der Waals surface area contributed by atoms with E-state index in [4.69, 9.17) is 11.6 Å². The lowest BCUT2D eigenvalue weighted by Crippen LogP contribution is -2.16. The van der Waals surface area contributed by atoms with E-state index in [2.05, 4.69) is 21.2 Å².